The Hall–Kier alpha value is -2.47. The summed E-state index contributed by atoms with van der Waals surface area (Å²) in [6.45, 7) is 4.45. The lowest BCUT2D eigenvalue weighted by molar-refractivity contribution is 0.0693. The van der Waals surface area contributed by atoms with Crippen LogP contribution < -0.4 is 5.56 Å². The Labute approximate surface area is 128 Å². The molecule has 0 unspecified atom stereocenters. The van der Waals surface area contributed by atoms with Crippen LogP contribution in [0.4, 0.5) is 0 Å². The predicted octanol–water partition coefficient (Wildman–Crippen LogP) is 1.87. The molecule has 0 fully saturated rings. The van der Waals surface area contributed by atoms with Crippen LogP contribution >= 0.6 is 0 Å². The quantitative estimate of drug-likeness (QED) is 0.912. The zero-order valence-corrected chi connectivity index (χ0v) is 12.8. The van der Waals surface area contributed by atoms with Crippen molar-refractivity contribution in [3.05, 3.63) is 51.3 Å². The van der Waals surface area contributed by atoms with Gasteiger partial charge in [0.05, 0.1) is 18.8 Å². The number of nitrogens with zero attached hydrogens (tertiary/aromatic N) is 2. The Kier molecular flexibility index (Phi) is 4.72. The van der Waals surface area contributed by atoms with Crippen LogP contribution in [0.2, 0.25) is 0 Å². The summed E-state index contributed by atoms with van der Waals surface area (Å²) in [5.41, 5.74) is 2.52. The minimum Gasteiger partial charge on any atom is -0.477 e. The van der Waals surface area contributed by atoms with E-state index in [1.165, 1.54) is 13.2 Å². The van der Waals surface area contributed by atoms with Gasteiger partial charge in [0.25, 0.3) is 5.56 Å². The first kappa shape index (κ1) is 15.9. The van der Waals surface area contributed by atoms with E-state index < -0.39 is 11.5 Å². The third-order valence-electron chi connectivity index (χ3n) is 3.51. The topological polar surface area (TPSA) is 81.4 Å². The first-order valence-electron chi connectivity index (χ1n) is 6.86. The summed E-state index contributed by atoms with van der Waals surface area (Å²) >= 11 is 0. The summed E-state index contributed by atoms with van der Waals surface area (Å²) < 4.78 is 6.07. The van der Waals surface area contributed by atoms with Gasteiger partial charge < -0.3 is 9.84 Å². The Morgan fingerprint density at radius 1 is 1.27 bits per heavy atom. The second kappa shape index (κ2) is 6.53. The molecule has 22 heavy (non-hydrogen) atoms. The largest absolute Gasteiger partial charge is 0.477 e. The SMILES string of the molecule is COCCn1nc(-c2ccc(C)c(C)c2)cc(C(=O)O)c1=O. The zero-order valence-electron chi connectivity index (χ0n) is 12.8. The number of aromatic carboxylic acids is 1. The number of rotatable bonds is 5. The number of methoxy groups -OCH3 is 1. The molecule has 6 nitrogen and oxygen atoms in total. The zero-order chi connectivity index (χ0) is 16.3. The number of carbonyl (C=O) groups is 1. The highest BCUT2D eigenvalue weighted by Crippen LogP contribution is 2.20. The number of aromatic nitrogens is 2. The van der Waals surface area contributed by atoms with Crippen LogP contribution in [-0.2, 0) is 11.3 Å². The average Bonchev–Trinajstić information content (AvgIpc) is 2.48. The van der Waals surface area contributed by atoms with Crippen LogP contribution in [0.15, 0.2) is 29.1 Å². The molecule has 0 amide bonds. The van der Waals surface area contributed by atoms with E-state index in [-0.39, 0.29) is 18.7 Å². The fraction of sp³-hybridized carbons (Fsp3) is 0.312. The molecule has 6 heteroatoms. The van der Waals surface area contributed by atoms with Crippen molar-refractivity contribution in [3.8, 4) is 11.3 Å². The van der Waals surface area contributed by atoms with Crippen molar-refractivity contribution >= 4 is 5.97 Å². The maximum Gasteiger partial charge on any atom is 0.341 e. The molecule has 0 saturated carbocycles. The van der Waals surface area contributed by atoms with Crippen LogP contribution in [0.3, 0.4) is 0 Å². The Bertz CT molecular complexity index is 765. The minimum absolute atomic E-state index is 0.203. The van der Waals surface area contributed by atoms with Crippen molar-refractivity contribution in [1.82, 2.24) is 9.78 Å². The summed E-state index contributed by atoms with van der Waals surface area (Å²) in [6, 6.07) is 7.05. The summed E-state index contributed by atoms with van der Waals surface area (Å²) in [5.74, 6) is -1.26. The fourth-order valence-electron chi connectivity index (χ4n) is 2.07. The van der Waals surface area contributed by atoms with Crippen LogP contribution in [0, 0.1) is 13.8 Å². The average molecular weight is 302 g/mol. The summed E-state index contributed by atoms with van der Waals surface area (Å²) in [4.78, 5) is 23.4. The lowest BCUT2D eigenvalue weighted by Crippen LogP contribution is -2.30. The molecular weight excluding hydrogens is 284 g/mol. The van der Waals surface area contributed by atoms with Crippen molar-refractivity contribution in [2.75, 3.05) is 13.7 Å². The molecule has 0 aliphatic carbocycles. The summed E-state index contributed by atoms with van der Waals surface area (Å²) in [7, 11) is 1.51. The summed E-state index contributed by atoms with van der Waals surface area (Å²) in [5, 5.41) is 13.5. The number of benzene rings is 1. The van der Waals surface area contributed by atoms with Gasteiger partial charge in [-0.25, -0.2) is 9.48 Å². The van der Waals surface area contributed by atoms with Crippen LogP contribution in [0.25, 0.3) is 11.3 Å². The second-order valence-electron chi connectivity index (χ2n) is 5.07. The van der Waals surface area contributed by atoms with Gasteiger partial charge in [-0.05, 0) is 37.1 Å². The van der Waals surface area contributed by atoms with E-state index in [0.29, 0.717) is 5.69 Å². The Balaban J connectivity index is 2.59. The standard InChI is InChI=1S/C16H18N2O4/c1-10-4-5-12(8-11(10)2)14-9-13(16(20)21)15(19)18(17-14)6-7-22-3/h4-5,8-9H,6-7H2,1-3H3,(H,20,21). The van der Waals surface area contributed by atoms with Gasteiger partial charge in [-0.3, -0.25) is 4.79 Å². The molecule has 1 N–H and O–H groups in total. The van der Waals surface area contributed by atoms with Crippen molar-refractivity contribution < 1.29 is 14.6 Å². The van der Waals surface area contributed by atoms with Gasteiger partial charge in [0.1, 0.15) is 5.56 Å². The van der Waals surface area contributed by atoms with E-state index in [1.54, 1.807) is 0 Å². The fourth-order valence-corrected chi connectivity index (χ4v) is 2.07. The van der Waals surface area contributed by atoms with Gasteiger partial charge in [-0.15, -0.1) is 0 Å². The third kappa shape index (κ3) is 3.23. The van der Waals surface area contributed by atoms with E-state index in [9.17, 15) is 14.7 Å². The van der Waals surface area contributed by atoms with Gasteiger partial charge in [0, 0.05) is 12.7 Å². The molecule has 116 valence electrons. The molecule has 2 aromatic rings. The van der Waals surface area contributed by atoms with E-state index in [2.05, 4.69) is 5.10 Å². The summed E-state index contributed by atoms with van der Waals surface area (Å²) in [6.07, 6.45) is 0. The van der Waals surface area contributed by atoms with E-state index in [1.807, 2.05) is 32.0 Å². The molecule has 1 aromatic carbocycles. The first-order valence-corrected chi connectivity index (χ1v) is 6.86. The van der Waals surface area contributed by atoms with Crippen molar-refractivity contribution in [1.29, 1.82) is 0 Å². The van der Waals surface area contributed by atoms with Gasteiger partial charge in [0.15, 0.2) is 0 Å². The number of hydrogen-bond acceptors (Lipinski definition) is 4. The van der Waals surface area contributed by atoms with Crippen molar-refractivity contribution in [2.45, 2.75) is 20.4 Å². The van der Waals surface area contributed by atoms with Crippen LogP contribution in [0.1, 0.15) is 21.5 Å². The lowest BCUT2D eigenvalue weighted by Gasteiger charge is -2.10. The van der Waals surface area contributed by atoms with E-state index in [0.717, 1.165) is 21.4 Å². The minimum atomic E-state index is -1.26. The molecule has 0 aliphatic heterocycles. The molecular formula is C16H18N2O4. The molecule has 0 saturated heterocycles. The molecule has 0 radical (unpaired) electrons. The maximum absolute atomic E-state index is 12.1. The van der Waals surface area contributed by atoms with Gasteiger partial charge >= 0.3 is 5.97 Å². The molecule has 1 heterocycles. The highest BCUT2D eigenvalue weighted by Gasteiger charge is 2.15. The van der Waals surface area contributed by atoms with Crippen LogP contribution in [-0.4, -0.2) is 34.6 Å². The van der Waals surface area contributed by atoms with Gasteiger partial charge in [-0.2, -0.15) is 5.10 Å². The van der Waals surface area contributed by atoms with Crippen molar-refractivity contribution in [2.24, 2.45) is 0 Å². The highest BCUT2D eigenvalue weighted by molar-refractivity contribution is 5.88. The van der Waals surface area contributed by atoms with Crippen molar-refractivity contribution in [3.63, 3.8) is 0 Å². The highest BCUT2D eigenvalue weighted by atomic mass is 16.5. The number of ether oxygens (including phenoxy) is 1. The monoisotopic (exact) mass is 302 g/mol. The number of carboxylic acids is 1. The smallest absolute Gasteiger partial charge is 0.341 e. The number of hydrogen-bond donors (Lipinski definition) is 1. The second-order valence-corrected chi connectivity index (χ2v) is 5.07. The first-order chi connectivity index (χ1) is 10.4. The molecule has 1 aromatic heterocycles. The molecule has 0 atom stereocenters. The maximum atomic E-state index is 12.1. The van der Waals surface area contributed by atoms with Gasteiger partial charge in [-0.1, -0.05) is 12.1 Å². The Morgan fingerprint density at radius 2 is 2.00 bits per heavy atom. The van der Waals surface area contributed by atoms with E-state index >= 15 is 0 Å². The number of carboxylic acid groups (broad SMARTS) is 1. The van der Waals surface area contributed by atoms with Gasteiger partial charge in [0.2, 0.25) is 0 Å². The molecule has 0 spiro atoms. The molecule has 0 aliphatic rings. The lowest BCUT2D eigenvalue weighted by atomic mass is 10.0. The third-order valence-corrected chi connectivity index (χ3v) is 3.51. The Morgan fingerprint density at radius 3 is 2.59 bits per heavy atom. The predicted molar refractivity (Wildman–Crippen MR) is 82.2 cm³/mol. The van der Waals surface area contributed by atoms with Crippen LogP contribution in [0.5, 0.6) is 0 Å². The molecule has 2 rings (SSSR count). The number of aryl methyl sites for hydroxylation is 2. The van der Waals surface area contributed by atoms with E-state index in [4.69, 9.17) is 4.74 Å². The molecule has 0 bridgehead atoms. The normalized spacial score (nSPS) is 10.7.